The van der Waals surface area contributed by atoms with E-state index in [9.17, 15) is 75.0 Å². The minimum absolute atomic E-state index is 0.0625. The highest BCUT2D eigenvalue weighted by Crippen LogP contribution is 2.28. The Balaban J connectivity index is -0.0000000669. The molecule has 0 radical (unpaired) electrons. The van der Waals surface area contributed by atoms with Gasteiger partial charge in [0.2, 0.25) is 12.3 Å². The molecule has 0 aliphatic carbocycles. The first-order valence-corrected chi connectivity index (χ1v) is 19.1. The zero-order valence-electron chi connectivity index (χ0n) is 38.1. The number of carbonyl (C=O) groups is 1. The second-order valence-electron chi connectivity index (χ2n) is 12.8. The molecule has 0 saturated carbocycles. The fourth-order valence-corrected chi connectivity index (χ4v) is 0.908. The van der Waals surface area contributed by atoms with E-state index in [1.54, 1.807) is 48.5 Å². The molecule has 1 nitrogen and oxygen atoms in total. The van der Waals surface area contributed by atoms with Crippen LogP contribution in [0.15, 0.2) is 35.2 Å². The molecular weight excluding hydrogens is 812 g/mol. The molecule has 0 aliphatic heterocycles. The van der Waals surface area contributed by atoms with Crippen LogP contribution in [0.3, 0.4) is 0 Å². The fraction of sp³-hybridized carbons (Fsp3) is 0.829. The van der Waals surface area contributed by atoms with E-state index >= 15 is 0 Å². The van der Waals surface area contributed by atoms with Crippen LogP contribution in [-0.2, 0) is 4.79 Å². The van der Waals surface area contributed by atoms with Gasteiger partial charge in [0.25, 0.3) is 12.2 Å². The molecule has 0 saturated heterocycles. The Labute approximate surface area is 340 Å². The minimum Gasteiger partial charge on any atom is -0.300 e. The molecule has 0 spiro atoms. The maximum absolute atomic E-state index is 11.5. The van der Waals surface area contributed by atoms with Crippen molar-refractivity contribution in [2.45, 2.75) is 207 Å². The summed E-state index contributed by atoms with van der Waals surface area (Å²) in [5.41, 5.74) is 0.361. The molecule has 0 aromatic heterocycles. The average molecular weight is 889 g/mol. The average Bonchev–Trinajstić information content (AvgIpc) is 3.13. The zero-order chi connectivity index (χ0) is 49.2. The standard InChI is InChI=1S/2C5H9F3.C5H10F2.2C5H8F2.C4H8F2.C4H9F.C4H7F.C4H8O/c2*1-3-4(2)5(6,7)8;3*1-3-4(2)5(6)7;1-3-4(2,5)6;3*1-3-4(2)5/h2*4H,3H2,1-2H3;4-5H,3H2,1-2H3;2*3H2,1-2H3;3H2,1-2H3;4H,3H2,1-2H3;3H,1-2H3;3H2,1-2H3/b;;;;;;;4-3+;. The number of rotatable bonds is 9. The SMILES string of the molecule is C/C=C(\C)F.CCC(C)(F)F.CCC(C)=C(F)F.CCC(C)=C(F)F.CCC(C)=O.CCC(C)C(F)(F)F.CCC(C)C(F)(F)F.CCC(C)C(F)F.CCC(C)F. The first kappa shape index (κ1) is 76.5. The Bertz CT molecular complexity index is 907. The van der Waals surface area contributed by atoms with Crippen LogP contribution < -0.4 is 0 Å². The molecule has 58 heavy (non-hydrogen) atoms. The third-order valence-electron chi connectivity index (χ3n) is 7.20. The van der Waals surface area contributed by atoms with Crippen LogP contribution >= 0.6 is 0 Å². The molecule has 0 heterocycles. The van der Waals surface area contributed by atoms with Crippen LogP contribution in [0.5, 0.6) is 0 Å². The van der Waals surface area contributed by atoms with Gasteiger partial charge >= 0.3 is 12.4 Å². The number of halogens is 16. The summed E-state index contributed by atoms with van der Waals surface area (Å²) < 4.78 is 182. The Morgan fingerprint density at radius 1 is 0.534 bits per heavy atom. The van der Waals surface area contributed by atoms with E-state index in [1.807, 2.05) is 13.8 Å². The summed E-state index contributed by atoms with van der Waals surface area (Å²) in [6, 6.07) is 0. The van der Waals surface area contributed by atoms with Gasteiger partial charge in [0.15, 0.2) is 0 Å². The molecular formula is C41H76F16O. The van der Waals surface area contributed by atoms with E-state index < -0.39 is 60.8 Å². The lowest BCUT2D eigenvalue weighted by Gasteiger charge is -2.11. The van der Waals surface area contributed by atoms with Crippen LogP contribution in [0.4, 0.5) is 70.2 Å². The maximum atomic E-state index is 11.5. The molecule has 0 fully saturated rings. The number of carbonyl (C=O) groups excluding carboxylic acids is 1. The molecule has 0 amide bonds. The molecule has 17 heteroatoms. The second kappa shape index (κ2) is 47.4. The summed E-state index contributed by atoms with van der Waals surface area (Å²) in [7, 11) is 0. The van der Waals surface area contributed by atoms with Gasteiger partial charge in [0.05, 0.1) is 23.8 Å². The molecule has 4 unspecified atom stereocenters. The normalized spacial score (nSPS) is 12.6. The van der Waals surface area contributed by atoms with E-state index in [0.29, 0.717) is 32.1 Å². The van der Waals surface area contributed by atoms with Crippen molar-refractivity contribution < 1.29 is 75.0 Å². The zero-order valence-corrected chi connectivity index (χ0v) is 38.1. The number of hydrogen-bond acceptors (Lipinski definition) is 1. The number of Topliss-reactive ketones (excluding diaryl/α,β-unsaturated/α-hetero) is 1. The van der Waals surface area contributed by atoms with Crippen molar-refractivity contribution in [3.8, 4) is 0 Å². The van der Waals surface area contributed by atoms with Gasteiger partial charge in [0.1, 0.15) is 5.78 Å². The summed E-state index contributed by atoms with van der Waals surface area (Å²) in [5, 5.41) is 0. The first-order valence-electron chi connectivity index (χ1n) is 19.1. The van der Waals surface area contributed by atoms with Crippen molar-refractivity contribution in [1.29, 1.82) is 0 Å². The lowest BCUT2D eigenvalue weighted by Crippen LogP contribution is -2.18. The van der Waals surface area contributed by atoms with E-state index in [4.69, 9.17) is 0 Å². The summed E-state index contributed by atoms with van der Waals surface area (Å²) in [6.45, 7) is 27.2. The van der Waals surface area contributed by atoms with E-state index in [1.165, 1.54) is 61.5 Å². The van der Waals surface area contributed by atoms with Gasteiger partial charge in [-0.15, -0.1) is 0 Å². The van der Waals surface area contributed by atoms with Gasteiger partial charge in [-0.3, -0.25) is 0 Å². The van der Waals surface area contributed by atoms with Crippen LogP contribution in [-0.4, -0.2) is 36.7 Å². The number of allylic oxidation sites excluding steroid dienone is 4. The maximum Gasteiger partial charge on any atom is 0.391 e. The summed E-state index contributed by atoms with van der Waals surface area (Å²) in [4.78, 5) is 9.81. The highest BCUT2D eigenvalue weighted by Gasteiger charge is 2.34. The van der Waals surface area contributed by atoms with Gasteiger partial charge in [0, 0.05) is 18.8 Å². The van der Waals surface area contributed by atoms with Crippen molar-refractivity contribution in [1.82, 2.24) is 0 Å². The van der Waals surface area contributed by atoms with Crippen molar-refractivity contribution in [2.75, 3.05) is 0 Å². The van der Waals surface area contributed by atoms with Crippen LogP contribution in [0.2, 0.25) is 0 Å². The van der Waals surface area contributed by atoms with Crippen molar-refractivity contribution in [2.24, 2.45) is 17.8 Å². The van der Waals surface area contributed by atoms with E-state index in [0.717, 1.165) is 6.92 Å². The van der Waals surface area contributed by atoms with Crippen molar-refractivity contribution >= 4 is 5.78 Å². The molecule has 0 aromatic rings. The number of hydrogen-bond donors (Lipinski definition) is 0. The predicted molar refractivity (Wildman–Crippen MR) is 210 cm³/mol. The molecule has 0 aromatic carbocycles. The van der Waals surface area contributed by atoms with Gasteiger partial charge in [-0.25, -0.2) is 26.3 Å². The van der Waals surface area contributed by atoms with Crippen LogP contribution in [0, 0.1) is 17.8 Å². The van der Waals surface area contributed by atoms with Gasteiger partial charge in [-0.05, 0) is 98.1 Å². The highest BCUT2D eigenvalue weighted by atomic mass is 19.4. The van der Waals surface area contributed by atoms with E-state index in [2.05, 4.69) is 0 Å². The third-order valence-corrected chi connectivity index (χ3v) is 7.20. The smallest absolute Gasteiger partial charge is 0.300 e. The Hall–Kier alpha value is -2.23. The van der Waals surface area contributed by atoms with Crippen molar-refractivity contribution in [3.05, 3.63) is 35.2 Å². The molecule has 0 rings (SSSR count). The largest absolute Gasteiger partial charge is 0.391 e. The molecule has 358 valence electrons. The van der Waals surface area contributed by atoms with Crippen molar-refractivity contribution in [3.63, 3.8) is 0 Å². The monoisotopic (exact) mass is 889 g/mol. The molecule has 4 atom stereocenters. The summed E-state index contributed by atoms with van der Waals surface area (Å²) in [5.74, 6) is -5.06. The fourth-order valence-electron chi connectivity index (χ4n) is 0.908. The second-order valence-corrected chi connectivity index (χ2v) is 12.8. The lowest BCUT2D eigenvalue weighted by atomic mass is 10.1. The molecule has 0 N–H and O–H groups in total. The number of ketones is 1. The third kappa shape index (κ3) is 90.1. The molecule has 0 bridgehead atoms. The minimum atomic E-state index is -3.99. The van der Waals surface area contributed by atoms with E-state index in [-0.39, 0.29) is 42.0 Å². The van der Waals surface area contributed by atoms with Gasteiger partial charge in [-0.2, -0.15) is 43.9 Å². The summed E-state index contributed by atoms with van der Waals surface area (Å²) in [6.07, 6.45) is -9.35. The van der Waals surface area contributed by atoms with Crippen LogP contribution in [0.25, 0.3) is 0 Å². The Morgan fingerprint density at radius 3 is 0.759 bits per heavy atom. The van der Waals surface area contributed by atoms with Gasteiger partial charge < -0.3 is 4.79 Å². The Morgan fingerprint density at radius 2 is 0.759 bits per heavy atom. The quantitative estimate of drug-likeness (QED) is 0.211. The molecule has 0 aliphatic rings. The number of alkyl halides is 11. The predicted octanol–water partition coefficient (Wildman–Crippen LogP) is 19.3. The van der Waals surface area contributed by atoms with Gasteiger partial charge in [-0.1, -0.05) is 82.2 Å². The first-order chi connectivity index (χ1) is 25.9. The summed E-state index contributed by atoms with van der Waals surface area (Å²) >= 11 is 0. The Kier molecular flexibility index (Phi) is 62.6. The topological polar surface area (TPSA) is 17.1 Å². The van der Waals surface area contributed by atoms with Crippen LogP contribution in [0.1, 0.15) is 176 Å². The highest BCUT2D eigenvalue weighted by molar-refractivity contribution is 5.74. The lowest BCUT2D eigenvalue weighted by molar-refractivity contribution is -0.170.